The quantitative estimate of drug-likeness (QED) is 0.495. The van der Waals surface area contributed by atoms with Crippen LogP contribution < -0.4 is 4.74 Å². The van der Waals surface area contributed by atoms with E-state index in [9.17, 15) is 4.79 Å². The van der Waals surface area contributed by atoms with Gasteiger partial charge in [-0.3, -0.25) is 4.79 Å². The summed E-state index contributed by atoms with van der Waals surface area (Å²) in [4.78, 5) is 15.0. The minimum Gasteiger partial charge on any atom is -0.486 e. The van der Waals surface area contributed by atoms with E-state index in [0.29, 0.717) is 13.0 Å². The molecule has 0 saturated carbocycles. The summed E-state index contributed by atoms with van der Waals surface area (Å²) in [5.41, 5.74) is 0. The highest BCUT2D eigenvalue weighted by molar-refractivity contribution is 7.97. The Balaban J connectivity index is 1.61. The van der Waals surface area contributed by atoms with E-state index in [-0.39, 0.29) is 23.0 Å². The predicted octanol–water partition coefficient (Wildman–Crippen LogP) is 4.48. The molecular weight excluding hydrogens is 344 g/mol. The first-order chi connectivity index (χ1) is 12.8. The number of ether oxygens (including phenoxy) is 2. The molecule has 130 valence electrons. The molecule has 3 aromatic carbocycles. The van der Waals surface area contributed by atoms with Crippen LogP contribution in [0.5, 0.6) is 5.75 Å². The highest BCUT2D eigenvalue weighted by Crippen LogP contribution is 2.32. The van der Waals surface area contributed by atoms with Gasteiger partial charge in [-0.25, -0.2) is 0 Å². The molecule has 1 unspecified atom stereocenters. The standard InChI is InChI=1S/C22H19O3S/c23-22-15-18(16-24-22)25-17-11-13-21(14-12-17)26(19-7-3-1-4-8-19)20-9-5-2-6-10-20/h1-14,18H,15-16H2/q+1. The molecule has 0 aromatic heterocycles. The molecule has 0 spiro atoms. The molecule has 1 aliphatic rings. The van der Waals surface area contributed by atoms with Gasteiger partial charge in [-0.15, -0.1) is 0 Å². The molecule has 0 N–H and O–H groups in total. The van der Waals surface area contributed by atoms with Gasteiger partial charge in [-0.05, 0) is 48.5 Å². The van der Waals surface area contributed by atoms with Gasteiger partial charge >= 0.3 is 5.97 Å². The molecule has 0 radical (unpaired) electrons. The Morgan fingerprint density at radius 1 is 0.769 bits per heavy atom. The summed E-state index contributed by atoms with van der Waals surface area (Å²) in [5.74, 6) is 0.572. The van der Waals surface area contributed by atoms with Gasteiger partial charge in [0.05, 0.1) is 17.3 Å². The second-order valence-electron chi connectivity index (χ2n) is 6.03. The van der Waals surface area contributed by atoms with Crippen LogP contribution in [0.2, 0.25) is 0 Å². The maximum absolute atomic E-state index is 11.2. The molecule has 0 amide bonds. The van der Waals surface area contributed by atoms with E-state index < -0.39 is 0 Å². The molecule has 1 saturated heterocycles. The minimum absolute atomic E-state index is 0.167. The normalized spacial score (nSPS) is 16.5. The van der Waals surface area contributed by atoms with E-state index in [4.69, 9.17) is 9.47 Å². The number of benzene rings is 3. The molecule has 26 heavy (non-hydrogen) atoms. The van der Waals surface area contributed by atoms with Crippen LogP contribution in [0.3, 0.4) is 0 Å². The van der Waals surface area contributed by atoms with Crippen molar-refractivity contribution in [3.63, 3.8) is 0 Å². The average molecular weight is 363 g/mol. The third-order valence-electron chi connectivity index (χ3n) is 4.14. The number of rotatable bonds is 5. The van der Waals surface area contributed by atoms with Crippen LogP contribution in [0.1, 0.15) is 6.42 Å². The van der Waals surface area contributed by atoms with E-state index >= 15 is 0 Å². The molecular formula is C22H19O3S+. The topological polar surface area (TPSA) is 35.5 Å². The first-order valence-electron chi connectivity index (χ1n) is 8.56. The van der Waals surface area contributed by atoms with Gasteiger partial charge in [0.15, 0.2) is 14.7 Å². The second-order valence-corrected chi connectivity index (χ2v) is 8.06. The van der Waals surface area contributed by atoms with Crippen molar-refractivity contribution in [1.82, 2.24) is 0 Å². The van der Waals surface area contributed by atoms with Gasteiger partial charge in [0.1, 0.15) is 18.5 Å². The van der Waals surface area contributed by atoms with Crippen molar-refractivity contribution in [2.45, 2.75) is 27.2 Å². The number of hydrogen-bond donors (Lipinski definition) is 0. The van der Waals surface area contributed by atoms with E-state index in [1.165, 1.54) is 14.7 Å². The van der Waals surface area contributed by atoms with Crippen LogP contribution in [0.15, 0.2) is 99.6 Å². The van der Waals surface area contributed by atoms with Crippen molar-refractivity contribution < 1.29 is 14.3 Å². The fraction of sp³-hybridized carbons (Fsp3) is 0.136. The van der Waals surface area contributed by atoms with Gasteiger partial charge in [0, 0.05) is 0 Å². The molecule has 3 nitrogen and oxygen atoms in total. The predicted molar refractivity (Wildman–Crippen MR) is 101 cm³/mol. The SMILES string of the molecule is O=C1CC(Oc2ccc([S+](c3ccccc3)c3ccccc3)cc2)CO1. The van der Waals surface area contributed by atoms with Crippen molar-refractivity contribution in [2.75, 3.05) is 6.61 Å². The third kappa shape index (κ3) is 3.75. The van der Waals surface area contributed by atoms with Crippen LogP contribution in [0, 0.1) is 0 Å². The smallest absolute Gasteiger partial charge is 0.309 e. The molecule has 3 aromatic rings. The van der Waals surface area contributed by atoms with Crippen LogP contribution in [0.25, 0.3) is 0 Å². The summed E-state index contributed by atoms with van der Waals surface area (Å²) in [6.45, 7) is 0.332. The summed E-state index contributed by atoms with van der Waals surface area (Å²) >= 11 is 0. The average Bonchev–Trinajstić information content (AvgIpc) is 3.10. The first-order valence-corrected chi connectivity index (χ1v) is 9.79. The summed E-state index contributed by atoms with van der Waals surface area (Å²) in [7, 11) is -0.167. The van der Waals surface area contributed by atoms with Crippen molar-refractivity contribution >= 4 is 16.9 Å². The summed E-state index contributed by atoms with van der Waals surface area (Å²) in [6, 6.07) is 29.2. The molecule has 1 fully saturated rings. The molecule has 0 bridgehead atoms. The maximum Gasteiger partial charge on any atom is 0.309 e. The van der Waals surface area contributed by atoms with Crippen LogP contribution >= 0.6 is 0 Å². The van der Waals surface area contributed by atoms with Gasteiger partial charge < -0.3 is 9.47 Å². The lowest BCUT2D eigenvalue weighted by Gasteiger charge is -2.12. The highest BCUT2D eigenvalue weighted by Gasteiger charge is 2.29. The lowest BCUT2D eigenvalue weighted by atomic mass is 10.3. The lowest BCUT2D eigenvalue weighted by Crippen LogP contribution is -2.15. The van der Waals surface area contributed by atoms with Crippen LogP contribution in [0.4, 0.5) is 0 Å². The highest BCUT2D eigenvalue weighted by atomic mass is 32.2. The molecule has 1 aliphatic heterocycles. The monoisotopic (exact) mass is 363 g/mol. The van der Waals surface area contributed by atoms with Crippen LogP contribution in [-0.2, 0) is 20.4 Å². The van der Waals surface area contributed by atoms with E-state index in [1.54, 1.807) is 0 Å². The zero-order chi connectivity index (χ0) is 17.8. The Hall–Kier alpha value is -2.72. The summed E-state index contributed by atoms with van der Waals surface area (Å²) < 4.78 is 10.8. The Bertz CT molecular complexity index is 823. The summed E-state index contributed by atoms with van der Waals surface area (Å²) in [5, 5.41) is 0. The third-order valence-corrected chi connectivity index (χ3v) is 6.38. The number of esters is 1. The minimum atomic E-state index is -0.193. The Morgan fingerprint density at radius 2 is 1.31 bits per heavy atom. The zero-order valence-corrected chi connectivity index (χ0v) is 15.0. The van der Waals surface area contributed by atoms with Gasteiger partial charge in [0.2, 0.25) is 0 Å². The fourth-order valence-electron chi connectivity index (χ4n) is 2.93. The van der Waals surface area contributed by atoms with Crippen LogP contribution in [-0.4, -0.2) is 18.7 Å². The molecule has 0 aliphatic carbocycles. The Labute approximate surface area is 155 Å². The molecule has 4 heteroatoms. The number of cyclic esters (lactones) is 1. The zero-order valence-electron chi connectivity index (χ0n) is 14.2. The maximum atomic E-state index is 11.2. The second kappa shape index (κ2) is 7.67. The number of hydrogen-bond acceptors (Lipinski definition) is 3. The Kier molecular flexibility index (Phi) is 4.93. The number of carbonyl (C=O) groups is 1. The van der Waals surface area contributed by atoms with Crippen molar-refractivity contribution in [3.8, 4) is 5.75 Å². The van der Waals surface area contributed by atoms with Gasteiger partial charge in [-0.1, -0.05) is 36.4 Å². The molecule has 4 rings (SSSR count). The van der Waals surface area contributed by atoms with Gasteiger partial charge in [-0.2, -0.15) is 0 Å². The van der Waals surface area contributed by atoms with Crippen molar-refractivity contribution in [2.24, 2.45) is 0 Å². The summed E-state index contributed by atoms with van der Waals surface area (Å²) in [6.07, 6.45) is 0.134. The fourth-order valence-corrected chi connectivity index (χ4v) is 5.02. The number of carbonyl (C=O) groups excluding carboxylic acids is 1. The molecule has 1 atom stereocenters. The van der Waals surface area contributed by atoms with Crippen molar-refractivity contribution in [3.05, 3.63) is 84.9 Å². The van der Waals surface area contributed by atoms with Gasteiger partial charge in [0.25, 0.3) is 0 Å². The lowest BCUT2D eigenvalue weighted by molar-refractivity contribution is -0.137. The van der Waals surface area contributed by atoms with E-state index in [0.717, 1.165) is 5.75 Å². The largest absolute Gasteiger partial charge is 0.486 e. The van der Waals surface area contributed by atoms with E-state index in [2.05, 4.69) is 60.7 Å². The first kappa shape index (κ1) is 16.7. The van der Waals surface area contributed by atoms with E-state index in [1.807, 2.05) is 24.3 Å². The Morgan fingerprint density at radius 3 is 1.81 bits per heavy atom. The van der Waals surface area contributed by atoms with Crippen molar-refractivity contribution in [1.29, 1.82) is 0 Å². The molecule has 1 heterocycles.